The first-order valence-electron chi connectivity index (χ1n) is 7.42. The number of aryl methyl sites for hydroxylation is 1. The molecule has 1 heterocycles. The summed E-state index contributed by atoms with van der Waals surface area (Å²) in [5.41, 5.74) is 1.02. The minimum Gasteiger partial charge on any atom is -0.550 e. The quantitative estimate of drug-likeness (QED) is 0.707. The number of quaternary nitrogens is 1. The van der Waals surface area contributed by atoms with Crippen molar-refractivity contribution >= 4 is 16.0 Å². The van der Waals surface area contributed by atoms with Crippen molar-refractivity contribution in [1.82, 2.24) is 4.31 Å². The number of carbonyl (C=O) groups is 1. The number of piperazine rings is 1. The van der Waals surface area contributed by atoms with Crippen molar-refractivity contribution in [1.29, 1.82) is 0 Å². The maximum Gasteiger partial charge on any atom is 0.243 e. The van der Waals surface area contributed by atoms with Crippen LogP contribution in [0.2, 0.25) is 0 Å². The van der Waals surface area contributed by atoms with Crippen LogP contribution in [0, 0.1) is 6.92 Å². The van der Waals surface area contributed by atoms with E-state index in [1.807, 2.05) is 13.8 Å². The lowest BCUT2D eigenvalue weighted by Gasteiger charge is -2.34. The number of rotatable bonds is 5. The summed E-state index contributed by atoms with van der Waals surface area (Å²) >= 11 is 0. The van der Waals surface area contributed by atoms with Crippen LogP contribution in [0.15, 0.2) is 29.2 Å². The SMILES string of the molecule is Cc1ccc(S(=O)(=O)N2CC[NH+]([C@H](C)CC(=O)[O-])CC2)cc1. The largest absolute Gasteiger partial charge is 0.550 e. The summed E-state index contributed by atoms with van der Waals surface area (Å²) in [4.78, 5) is 12.1. The molecule has 1 fully saturated rings. The number of nitrogens with zero attached hydrogens (tertiary/aromatic N) is 1. The number of hydrogen-bond acceptors (Lipinski definition) is 4. The van der Waals surface area contributed by atoms with Crippen molar-refractivity contribution in [3.8, 4) is 0 Å². The summed E-state index contributed by atoms with van der Waals surface area (Å²) in [5.74, 6) is -1.06. The molecule has 0 unspecified atom stereocenters. The number of carboxylic acid groups (broad SMARTS) is 1. The van der Waals surface area contributed by atoms with Crippen molar-refractivity contribution in [3.05, 3.63) is 29.8 Å². The van der Waals surface area contributed by atoms with Crippen molar-refractivity contribution < 1.29 is 23.2 Å². The Bertz CT molecular complexity index is 619. The van der Waals surface area contributed by atoms with Crippen molar-refractivity contribution in [2.24, 2.45) is 0 Å². The van der Waals surface area contributed by atoms with Gasteiger partial charge in [-0.1, -0.05) is 17.7 Å². The third-order valence-electron chi connectivity index (χ3n) is 4.19. The van der Waals surface area contributed by atoms with Gasteiger partial charge in [0.1, 0.15) is 0 Å². The van der Waals surface area contributed by atoms with Crippen LogP contribution in [0.5, 0.6) is 0 Å². The van der Waals surface area contributed by atoms with Gasteiger partial charge in [-0.3, -0.25) is 0 Å². The second kappa shape index (κ2) is 6.76. The zero-order chi connectivity index (χ0) is 16.3. The topological polar surface area (TPSA) is 82.0 Å². The Balaban J connectivity index is 2.01. The lowest BCUT2D eigenvalue weighted by Crippen LogP contribution is -3.18. The van der Waals surface area contributed by atoms with E-state index < -0.39 is 16.0 Å². The predicted octanol–water partition coefficient (Wildman–Crippen LogP) is -1.59. The average molecular weight is 326 g/mol. The van der Waals surface area contributed by atoms with E-state index in [9.17, 15) is 18.3 Å². The van der Waals surface area contributed by atoms with Crippen LogP contribution in [0.3, 0.4) is 0 Å². The van der Waals surface area contributed by atoms with Crippen molar-refractivity contribution in [2.75, 3.05) is 26.2 Å². The monoisotopic (exact) mass is 326 g/mol. The second-order valence-corrected chi connectivity index (χ2v) is 7.79. The molecule has 1 aromatic rings. The van der Waals surface area contributed by atoms with Crippen LogP contribution >= 0.6 is 0 Å². The fourth-order valence-electron chi connectivity index (χ4n) is 2.76. The summed E-state index contributed by atoms with van der Waals surface area (Å²) in [5, 5.41) is 10.7. The molecule has 6 nitrogen and oxygen atoms in total. The summed E-state index contributed by atoms with van der Waals surface area (Å²) in [7, 11) is -3.46. The van der Waals surface area contributed by atoms with E-state index in [0.717, 1.165) is 10.5 Å². The summed E-state index contributed by atoms with van der Waals surface area (Å²) < 4.78 is 26.6. The zero-order valence-electron chi connectivity index (χ0n) is 12.9. The Kier molecular flexibility index (Phi) is 5.20. The van der Waals surface area contributed by atoms with Crippen molar-refractivity contribution in [2.45, 2.75) is 31.2 Å². The zero-order valence-corrected chi connectivity index (χ0v) is 13.7. The fourth-order valence-corrected chi connectivity index (χ4v) is 4.20. The molecule has 0 amide bonds. The number of benzene rings is 1. The molecule has 0 aliphatic carbocycles. The van der Waals surface area contributed by atoms with E-state index in [2.05, 4.69) is 0 Å². The van der Waals surface area contributed by atoms with Crippen LogP contribution in [0.25, 0.3) is 0 Å². The minimum absolute atomic E-state index is 0.0000451. The Hall–Kier alpha value is -1.44. The third kappa shape index (κ3) is 3.85. The van der Waals surface area contributed by atoms with E-state index in [4.69, 9.17) is 0 Å². The first-order chi connectivity index (χ1) is 10.3. The Morgan fingerprint density at radius 2 is 1.82 bits per heavy atom. The highest BCUT2D eigenvalue weighted by atomic mass is 32.2. The van der Waals surface area contributed by atoms with Gasteiger partial charge < -0.3 is 14.8 Å². The third-order valence-corrected chi connectivity index (χ3v) is 6.11. The summed E-state index contributed by atoms with van der Waals surface area (Å²) in [6.45, 7) is 5.80. The Morgan fingerprint density at radius 3 is 2.32 bits per heavy atom. The number of nitrogens with one attached hydrogen (secondary N) is 1. The van der Waals surface area contributed by atoms with E-state index in [1.165, 1.54) is 4.31 Å². The predicted molar refractivity (Wildman–Crippen MR) is 79.7 cm³/mol. The first-order valence-corrected chi connectivity index (χ1v) is 8.86. The lowest BCUT2D eigenvalue weighted by atomic mass is 10.2. The van der Waals surface area contributed by atoms with Gasteiger partial charge in [0, 0.05) is 12.4 Å². The molecule has 1 atom stereocenters. The van der Waals surface area contributed by atoms with E-state index in [-0.39, 0.29) is 12.5 Å². The summed E-state index contributed by atoms with van der Waals surface area (Å²) in [6, 6.07) is 6.77. The number of carbonyl (C=O) groups excluding carboxylic acids is 1. The van der Waals surface area contributed by atoms with Gasteiger partial charge in [0.05, 0.1) is 37.1 Å². The summed E-state index contributed by atoms with van der Waals surface area (Å²) in [6.07, 6.45) is 0.0000451. The van der Waals surface area contributed by atoms with Crippen LogP contribution in [0.4, 0.5) is 0 Å². The van der Waals surface area contributed by atoms with E-state index >= 15 is 0 Å². The molecule has 1 saturated heterocycles. The number of carboxylic acids is 1. The van der Waals surface area contributed by atoms with Crippen LogP contribution in [-0.4, -0.2) is 50.9 Å². The van der Waals surface area contributed by atoms with Gasteiger partial charge in [-0.15, -0.1) is 0 Å². The van der Waals surface area contributed by atoms with Gasteiger partial charge >= 0.3 is 0 Å². The molecule has 2 rings (SSSR count). The minimum atomic E-state index is -3.46. The average Bonchev–Trinajstić information content (AvgIpc) is 2.47. The first kappa shape index (κ1) is 16.9. The van der Waals surface area contributed by atoms with Crippen LogP contribution in [-0.2, 0) is 14.8 Å². The molecular weight excluding hydrogens is 304 g/mol. The van der Waals surface area contributed by atoms with E-state index in [0.29, 0.717) is 31.1 Å². The van der Waals surface area contributed by atoms with Gasteiger partial charge in [0.15, 0.2) is 0 Å². The van der Waals surface area contributed by atoms with Gasteiger partial charge in [0.2, 0.25) is 10.0 Å². The maximum atomic E-state index is 12.6. The van der Waals surface area contributed by atoms with Gasteiger partial charge in [-0.2, -0.15) is 4.31 Å². The molecule has 0 bridgehead atoms. The molecule has 122 valence electrons. The van der Waals surface area contributed by atoms with Gasteiger partial charge in [0.25, 0.3) is 0 Å². The van der Waals surface area contributed by atoms with E-state index in [1.54, 1.807) is 24.3 Å². The second-order valence-electron chi connectivity index (χ2n) is 5.85. The highest BCUT2D eigenvalue weighted by molar-refractivity contribution is 7.89. The number of sulfonamides is 1. The maximum absolute atomic E-state index is 12.6. The normalized spacial score (nSPS) is 19.0. The molecular formula is C15H22N2O4S. The lowest BCUT2D eigenvalue weighted by molar-refractivity contribution is -0.926. The molecule has 0 aromatic heterocycles. The van der Waals surface area contributed by atoms with Crippen LogP contribution in [0.1, 0.15) is 18.9 Å². The smallest absolute Gasteiger partial charge is 0.243 e. The van der Waals surface area contributed by atoms with Gasteiger partial charge in [-0.05, 0) is 26.0 Å². The molecule has 1 aromatic carbocycles. The highest BCUT2D eigenvalue weighted by Crippen LogP contribution is 2.16. The molecule has 7 heteroatoms. The van der Waals surface area contributed by atoms with Crippen molar-refractivity contribution in [3.63, 3.8) is 0 Å². The fraction of sp³-hybridized carbons (Fsp3) is 0.533. The molecule has 1 aliphatic rings. The molecule has 0 saturated carbocycles. The molecule has 1 aliphatic heterocycles. The molecule has 22 heavy (non-hydrogen) atoms. The Morgan fingerprint density at radius 1 is 1.27 bits per heavy atom. The number of hydrogen-bond donors (Lipinski definition) is 1. The van der Waals surface area contributed by atoms with Gasteiger partial charge in [-0.25, -0.2) is 8.42 Å². The molecule has 0 radical (unpaired) electrons. The number of aliphatic carboxylic acids is 1. The molecule has 1 N–H and O–H groups in total. The standard InChI is InChI=1S/C15H22N2O4S/c1-12-3-5-14(6-4-12)22(20,21)17-9-7-16(8-10-17)13(2)11-15(18)19/h3-6,13H,7-11H2,1-2H3,(H,18,19)/t13-/m1/s1. The van der Waals surface area contributed by atoms with Crippen LogP contribution < -0.4 is 10.0 Å². The molecule has 0 spiro atoms. The highest BCUT2D eigenvalue weighted by Gasteiger charge is 2.32. The Labute approximate surface area is 131 Å².